The third-order valence-corrected chi connectivity index (χ3v) is 3.77. The molecule has 110 valence electrons. The zero-order chi connectivity index (χ0) is 14.8. The van der Waals surface area contributed by atoms with Crippen molar-refractivity contribution in [2.45, 2.75) is 19.1 Å². The second kappa shape index (κ2) is 5.74. The van der Waals surface area contributed by atoms with Gasteiger partial charge in [-0.1, -0.05) is 24.3 Å². The predicted molar refractivity (Wildman–Crippen MR) is 79.3 cm³/mol. The summed E-state index contributed by atoms with van der Waals surface area (Å²) >= 11 is 0. The minimum atomic E-state index is -0.204. The molecule has 4 heteroatoms. The largest absolute Gasteiger partial charge is 0.486 e. The van der Waals surface area contributed by atoms with Gasteiger partial charge in [-0.2, -0.15) is 0 Å². The van der Waals surface area contributed by atoms with Crippen LogP contribution in [-0.4, -0.2) is 19.8 Å². The number of ether oxygens (including phenoxy) is 2. The first-order chi connectivity index (χ1) is 10.2. The van der Waals surface area contributed by atoms with Crippen LogP contribution in [0, 0.1) is 12.7 Å². The maximum absolute atomic E-state index is 13.8. The first-order valence-electron chi connectivity index (χ1n) is 7.01. The van der Waals surface area contributed by atoms with Crippen LogP contribution < -0.4 is 14.8 Å². The van der Waals surface area contributed by atoms with Gasteiger partial charge in [-0.15, -0.1) is 0 Å². The maximum Gasteiger partial charge on any atom is 0.161 e. The Labute approximate surface area is 123 Å². The Morgan fingerprint density at radius 2 is 1.95 bits per heavy atom. The Hall–Kier alpha value is -2.07. The van der Waals surface area contributed by atoms with Crippen LogP contribution in [0.4, 0.5) is 4.39 Å². The molecule has 3 rings (SSSR count). The maximum atomic E-state index is 13.8. The van der Waals surface area contributed by atoms with Crippen LogP contribution in [0.15, 0.2) is 42.5 Å². The number of nitrogens with one attached hydrogen (secondary N) is 1. The lowest BCUT2D eigenvalue weighted by atomic mass is 9.99. The van der Waals surface area contributed by atoms with Crippen molar-refractivity contribution in [1.82, 2.24) is 5.32 Å². The van der Waals surface area contributed by atoms with Crippen molar-refractivity contribution < 1.29 is 13.9 Å². The van der Waals surface area contributed by atoms with E-state index in [-0.39, 0.29) is 18.0 Å². The van der Waals surface area contributed by atoms with Gasteiger partial charge in [0.05, 0.1) is 6.04 Å². The molecule has 2 atom stereocenters. The third kappa shape index (κ3) is 2.72. The van der Waals surface area contributed by atoms with Crippen LogP contribution >= 0.6 is 0 Å². The van der Waals surface area contributed by atoms with Crippen LogP contribution in [-0.2, 0) is 0 Å². The summed E-state index contributed by atoms with van der Waals surface area (Å²) in [5, 5.41) is 3.19. The Bertz CT molecular complexity index is 644. The monoisotopic (exact) mass is 287 g/mol. The summed E-state index contributed by atoms with van der Waals surface area (Å²) in [6.07, 6.45) is -0.202. The molecule has 0 aromatic heterocycles. The smallest absolute Gasteiger partial charge is 0.161 e. The fourth-order valence-corrected chi connectivity index (χ4v) is 2.57. The van der Waals surface area contributed by atoms with Crippen molar-refractivity contribution in [1.29, 1.82) is 0 Å². The average molecular weight is 287 g/mol. The van der Waals surface area contributed by atoms with E-state index in [0.29, 0.717) is 12.2 Å². The molecular weight excluding hydrogens is 269 g/mol. The van der Waals surface area contributed by atoms with Gasteiger partial charge in [0.2, 0.25) is 0 Å². The van der Waals surface area contributed by atoms with Crippen molar-refractivity contribution in [2.75, 3.05) is 13.7 Å². The van der Waals surface area contributed by atoms with Crippen LogP contribution in [0.2, 0.25) is 0 Å². The highest BCUT2D eigenvalue weighted by molar-refractivity contribution is 5.41. The number of benzene rings is 2. The molecule has 1 N–H and O–H groups in total. The van der Waals surface area contributed by atoms with Gasteiger partial charge in [-0.3, -0.25) is 0 Å². The van der Waals surface area contributed by atoms with E-state index >= 15 is 0 Å². The van der Waals surface area contributed by atoms with Crippen molar-refractivity contribution in [3.05, 3.63) is 59.4 Å². The van der Waals surface area contributed by atoms with Gasteiger partial charge >= 0.3 is 0 Å². The van der Waals surface area contributed by atoms with E-state index < -0.39 is 0 Å². The van der Waals surface area contributed by atoms with Crippen LogP contribution in [0.25, 0.3) is 0 Å². The zero-order valence-electron chi connectivity index (χ0n) is 12.1. The highest BCUT2D eigenvalue weighted by Gasteiger charge is 2.29. The molecule has 0 saturated carbocycles. The normalized spacial score (nSPS) is 18.3. The molecule has 1 aliphatic heterocycles. The lowest BCUT2D eigenvalue weighted by Gasteiger charge is -2.32. The summed E-state index contributed by atoms with van der Waals surface area (Å²) in [7, 11) is 1.84. The summed E-state index contributed by atoms with van der Waals surface area (Å²) in [6.45, 7) is 2.18. The number of hydrogen-bond donors (Lipinski definition) is 1. The standard InChI is InChI=1S/C17H18FNO2/c1-11-7-8-12(9-13(11)18)17(19-2)16-10-20-14-5-3-4-6-15(14)21-16/h3-9,16-17,19H,10H2,1-2H3. The number of halogens is 1. The molecular formula is C17H18FNO2. The Balaban J connectivity index is 1.86. The van der Waals surface area contributed by atoms with Crippen LogP contribution in [0.5, 0.6) is 11.5 Å². The van der Waals surface area contributed by atoms with Gasteiger partial charge in [0, 0.05) is 0 Å². The molecule has 21 heavy (non-hydrogen) atoms. The fraction of sp³-hybridized carbons (Fsp3) is 0.294. The number of para-hydroxylation sites is 2. The Kier molecular flexibility index (Phi) is 3.80. The number of aryl methyl sites for hydroxylation is 1. The second-order valence-corrected chi connectivity index (χ2v) is 5.19. The molecule has 0 amide bonds. The third-order valence-electron chi connectivity index (χ3n) is 3.77. The molecule has 1 aliphatic rings. The van der Waals surface area contributed by atoms with E-state index in [0.717, 1.165) is 17.1 Å². The Morgan fingerprint density at radius 3 is 2.67 bits per heavy atom. The van der Waals surface area contributed by atoms with Gasteiger partial charge in [0.1, 0.15) is 12.4 Å². The molecule has 2 unspecified atom stereocenters. The highest BCUT2D eigenvalue weighted by atomic mass is 19.1. The van der Waals surface area contributed by atoms with E-state index in [1.165, 1.54) is 0 Å². The van der Waals surface area contributed by atoms with Gasteiger partial charge in [0.25, 0.3) is 0 Å². The number of fused-ring (bicyclic) bond motifs is 1. The average Bonchev–Trinajstić information content (AvgIpc) is 2.51. The first kappa shape index (κ1) is 13.9. The van der Waals surface area contributed by atoms with E-state index in [4.69, 9.17) is 9.47 Å². The number of likely N-dealkylation sites (N-methyl/N-ethyl adjacent to an activating group) is 1. The first-order valence-corrected chi connectivity index (χ1v) is 7.01. The van der Waals surface area contributed by atoms with E-state index in [2.05, 4.69) is 5.32 Å². The molecule has 0 fully saturated rings. The van der Waals surface area contributed by atoms with E-state index in [1.54, 1.807) is 19.1 Å². The van der Waals surface area contributed by atoms with Gasteiger partial charge < -0.3 is 14.8 Å². The van der Waals surface area contributed by atoms with E-state index in [1.807, 2.05) is 37.4 Å². The lowest BCUT2D eigenvalue weighted by Crippen LogP contribution is -2.40. The predicted octanol–water partition coefficient (Wildman–Crippen LogP) is 3.23. The summed E-state index contributed by atoms with van der Waals surface area (Å²) in [5.41, 5.74) is 1.49. The molecule has 1 heterocycles. The molecule has 0 aliphatic carbocycles. The lowest BCUT2D eigenvalue weighted by molar-refractivity contribution is 0.0637. The topological polar surface area (TPSA) is 30.5 Å². The van der Waals surface area contributed by atoms with Crippen LogP contribution in [0.1, 0.15) is 17.2 Å². The van der Waals surface area contributed by atoms with Gasteiger partial charge in [-0.05, 0) is 43.3 Å². The van der Waals surface area contributed by atoms with Crippen molar-refractivity contribution >= 4 is 0 Å². The SMILES string of the molecule is CNC(c1ccc(C)c(F)c1)C1COc2ccccc2O1. The van der Waals surface area contributed by atoms with Crippen LogP contribution in [0.3, 0.4) is 0 Å². The minimum absolute atomic E-state index is 0.131. The number of rotatable bonds is 3. The minimum Gasteiger partial charge on any atom is -0.486 e. The molecule has 3 nitrogen and oxygen atoms in total. The molecule has 0 bridgehead atoms. The zero-order valence-corrected chi connectivity index (χ0v) is 12.1. The molecule has 0 spiro atoms. The molecule has 2 aromatic rings. The highest BCUT2D eigenvalue weighted by Crippen LogP contribution is 2.34. The summed E-state index contributed by atoms with van der Waals surface area (Å²) in [4.78, 5) is 0. The number of hydrogen-bond acceptors (Lipinski definition) is 3. The molecule has 0 radical (unpaired) electrons. The Morgan fingerprint density at radius 1 is 1.19 bits per heavy atom. The summed E-state index contributed by atoms with van der Waals surface area (Å²) in [5.74, 6) is 1.27. The summed E-state index contributed by atoms with van der Waals surface area (Å²) in [6, 6.07) is 12.7. The van der Waals surface area contributed by atoms with Gasteiger partial charge in [-0.25, -0.2) is 4.39 Å². The van der Waals surface area contributed by atoms with Crippen molar-refractivity contribution in [2.24, 2.45) is 0 Å². The quantitative estimate of drug-likeness (QED) is 0.940. The molecule has 2 aromatic carbocycles. The summed E-state index contributed by atoms with van der Waals surface area (Å²) < 4.78 is 25.5. The van der Waals surface area contributed by atoms with Crippen molar-refractivity contribution in [3.63, 3.8) is 0 Å². The van der Waals surface area contributed by atoms with Crippen molar-refractivity contribution in [3.8, 4) is 11.5 Å². The van der Waals surface area contributed by atoms with Gasteiger partial charge in [0.15, 0.2) is 17.6 Å². The second-order valence-electron chi connectivity index (χ2n) is 5.19. The van der Waals surface area contributed by atoms with E-state index in [9.17, 15) is 4.39 Å². The fourth-order valence-electron chi connectivity index (χ4n) is 2.57. The molecule has 0 saturated heterocycles.